The fraction of sp³-hybridized carbons (Fsp3) is 0.400. The highest BCUT2D eigenvalue weighted by atomic mass is 35.5. The van der Waals surface area contributed by atoms with Crippen LogP contribution in [-0.4, -0.2) is 22.7 Å². The van der Waals surface area contributed by atoms with Gasteiger partial charge in [0, 0.05) is 42.7 Å². The molecule has 1 fully saturated rings. The van der Waals surface area contributed by atoms with E-state index in [9.17, 15) is 9.50 Å². The average Bonchev–Trinajstić information content (AvgIpc) is 2.63. The zero-order valence-corrected chi connectivity index (χ0v) is 15.4. The van der Waals surface area contributed by atoms with Crippen molar-refractivity contribution in [3.05, 3.63) is 58.6 Å². The second-order valence-corrected chi connectivity index (χ2v) is 7.11. The number of nitrogens with zero attached hydrogens (tertiary/aromatic N) is 3. The van der Waals surface area contributed by atoms with Crippen LogP contribution in [0.25, 0.3) is 0 Å². The first kappa shape index (κ1) is 18.6. The summed E-state index contributed by atoms with van der Waals surface area (Å²) in [6.45, 7) is 2.64. The summed E-state index contributed by atoms with van der Waals surface area (Å²) in [4.78, 5) is 6.18. The molecule has 1 aliphatic carbocycles. The lowest BCUT2D eigenvalue weighted by atomic mass is 9.77. The number of pyridine rings is 1. The molecule has 0 spiro atoms. The SMILES string of the molecule is CCN(c1cc(F)c(C#N)c(Cl)c1)C1CCCC(O)(c2cccnc2)C1. The van der Waals surface area contributed by atoms with Gasteiger partial charge in [-0.25, -0.2) is 4.39 Å². The quantitative estimate of drug-likeness (QED) is 0.862. The smallest absolute Gasteiger partial charge is 0.144 e. The molecule has 2 unspecified atom stereocenters. The molecular weight excluding hydrogens is 353 g/mol. The molecule has 0 bridgehead atoms. The minimum absolute atomic E-state index is 0.0439. The third-order valence-electron chi connectivity index (χ3n) is 5.15. The highest BCUT2D eigenvalue weighted by Gasteiger charge is 2.38. The van der Waals surface area contributed by atoms with E-state index < -0.39 is 11.4 Å². The van der Waals surface area contributed by atoms with Crippen LogP contribution in [0.2, 0.25) is 5.02 Å². The normalized spacial score (nSPS) is 22.7. The monoisotopic (exact) mass is 373 g/mol. The lowest BCUT2D eigenvalue weighted by molar-refractivity contribution is -0.00851. The standard InChI is InChI=1S/C20H21ClFN3O/c1-2-25(16-9-18(21)17(12-23)19(22)10-16)15-6-3-7-20(26,11-15)14-5-4-8-24-13-14/h4-5,8-10,13,15,26H,2-3,6-7,11H2,1H3. The number of hydrogen-bond acceptors (Lipinski definition) is 4. The highest BCUT2D eigenvalue weighted by molar-refractivity contribution is 6.32. The molecule has 6 heteroatoms. The maximum Gasteiger partial charge on any atom is 0.144 e. The molecule has 0 radical (unpaired) electrons. The Morgan fingerprint density at radius 3 is 2.92 bits per heavy atom. The van der Waals surface area contributed by atoms with Gasteiger partial charge in [-0.05, 0) is 44.4 Å². The van der Waals surface area contributed by atoms with E-state index >= 15 is 0 Å². The lowest BCUT2D eigenvalue weighted by Gasteiger charge is -2.43. The molecule has 1 heterocycles. The third kappa shape index (κ3) is 3.53. The zero-order valence-electron chi connectivity index (χ0n) is 14.6. The molecule has 2 atom stereocenters. The van der Waals surface area contributed by atoms with Gasteiger partial charge in [0.25, 0.3) is 0 Å². The van der Waals surface area contributed by atoms with E-state index in [1.807, 2.05) is 19.1 Å². The van der Waals surface area contributed by atoms with Gasteiger partial charge in [0.1, 0.15) is 17.4 Å². The largest absolute Gasteiger partial charge is 0.385 e. The molecule has 136 valence electrons. The fourth-order valence-electron chi connectivity index (χ4n) is 3.87. The topological polar surface area (TPSA) is 60.2 Å². The van der Waals surface area contributed by atoms with Crippen molar-refractivity contribution < 1.29 is 9.50 Å². The first-order valence-corrected chi connectivity index (χ1v) is 9.15. The highest BCUT2D eigenvalue weighted by Crippen LogP contribution is 2.40. The Kier molecular flexibility index (Phi) is 5.45. The Labute approximate surface area is 157 Å². The molecule has 1 aromatic heterocycles. The van der Waals surface area contributed by atoms with Gasteiger partial charge in [-0.2, -0.15) is 5.26 Å². The number of hydrogen-bond donors (Lipinski definition) is 1. The van der Waals surface area contributed by atoms with Crippen molar-refractivity contribution in [2.45, 2.75) is 44.2 Å². The molecule has 26 heavy (non-hydrogen) atoms. The fourth-order valence-corrected chi connectivity index (χ4v) is 4.12. The van der Waals surface area contributed by atoms with Gasteiger partial charge in [-0.15, -0.1) is 0 Å². The minimum Gasteiger partial charge on any atom is -0.385 e. The summed E-state index contributed by atoms with van der Waals surface area (Å²) < 4.78 is 14.2. The van der Waals surface area contributed by atoms with Crippen LogP contribution in [0.5, 0.6) is 0 Å². The van der Waals surface area contributed by atoms with E-state index in [-0.39, 0.29) is 16.6 Å². The van der Waals surface area contributed by atoms with E-state index in [0.29, 0.717) is 25.1 Å². The molecular formula is C20H21ClFN3O. The van der Waals surface area contributed by atoms with Crippen molar-refractivity contribution >= 4 is 17.3 Å². The predicted molar refractivity (Wildman–Crippen MR) is 99.5 cm³/mol. The summed E-state index contributed by atoms with van der Waals surface area (Å²) in [7, 11) is 0. The second-order valence-electron chi connectivity index (χ2n) is 6.71. The van der Waals surface area contributed by atoms with Crippen molar-refractivity contribution in [2.24, 2.45) is 0 Å². The Bertz CT molecular complexity index is 801. The molecule has 1 aromatic carbocycles. The Balaban J connectivity index is 1.90. The van der Waals surface area contributed by atoms with Gasteiger partial charge >= 0.3 is 0 Å². The van der Waals surface area contributed by atoms with E-state index in [1.54, 1.807) is 24.5 Å². The van der Waals surface area contributed by atoms with Crippen molar-refractivity contribution in [1.82, 2.24) is 4.98 Å². The van der Waals surface area contributed by atoms with Gasteiger partial charge < -0.3 is 10.0 Å². The predicted octanol–water partition coefficient (Wildman–Crippen LogP) is 4.40. The summed E-state index contributed by atoms with van der Waals surface area (Å²) in [5.41, 5.74) is 0.362. The molecule has 2 aromatic rings. The van der Waals surface area contributed by atoms with Crippen LogP contribution in [0, 0.1) is 17.1 Å². The number of halogens is 2. The molecule has 3 rings (SSSR count). The maximum absolute atomic E-state index is 14.2. The van der Waals surface area contributed by atoms with Crippen LogP contribution in [0.15, 0.2) is 36.7 Å². The van der Waals surface area contributed by atoms with Crippen molar-refractivity contribution in [2.75, 3.05) is 11.4 Å². The Hall–Kier alpha value is -2.16. The molecule has 1 N–H and O–H groups in total. The van der Waals surface area contributed by atoms with Crippen LogP contribution in [0.3, 0.4) is 0 Å². The summed E-state index contributed by atoms with van der Waals surface area (Å²) >= 11 is 6.08. The molecule has 1 saturated carbocycles. The first-order valence-electron chi connectivity index (χ1n) is 8.77. The number of benzene rings is 1. The van der Waals surface area contributed by atoms with Crippen LogP contribution < -0.4 is 4.90 Å². The molecule has 0 amide bonds. The Morgan fingerprint density at radius 2 is 2.31 bits per heavy atom. The zero-order chi connectivity index (χ0) is 18.7. The van der Waals surface area contributed by atoms with E-state index in [2.05, 4.69) is 9.88 Å². The van der Waals surface area contributed by atoms with E-state index in [0.717, 1.165) is 18.4 Å². The van der Waals surface area contributed by atoms with E-state index in [4.69, 9.17) is 16.9 Å². The van der Waals surface area contributed by atoms with Gasteiger partial charge in [0.05, 0.1) is 10.6 Å². The summed E-state index contributed by atoms with van der Waals surface area (Å²) in [6, 6.07) is 8.53. The average molecular weight is 374 g/mol. The third-order valence-corrected chi connectivity index (χ3v) is 5.45. The van der Waals surface area contributed by atoms with Gasteiger partial charge in [0.15, 0.2) is 0 Å². The van der Waals surface area contributed by atoms with Gasteiger partial charge in [-0.1, -0.05) is 17.7 Å². The summed E-state index contributed by atoms with van der Waals surface area (Å²) in [6.07, 6.45) is 6.36. The van der Waals surface area contributed by atoms with Crippen LogP contribution in [0.1, 0.15) is 43.7 Å². The number of aliphatic hydroxyl groups is 1. The van der Waals surface area contributed by atoms with Crippen LogP contribution in [-0.2, 0) is 5.60 Å². The second kappa shape index (κ2) is 7.61. The molecule has 1 aliphatic rings. The molecule has 0 saturated heterocycles. The number of anilines is 1. The minimum atomic E-state index is -0.945. The first-order chi connectivity index (χ1) is 12.5. The van der Waals surface area contributed by atoms with Crippen LogP contribution >= 0.6 is 11.6 Å². The van der Waals surface area contributed by atoms with E-state index in [1.165, 1.54) is 6.07 Å². The van der Waals surface area contributed by atoms with Crippen molar-refractivity contribution in [3.63, 3.8) is 0 Å². The van der Waals surface area contributed by atoms with Gasteiger partial charge in [0.2, 0.25) is 0 Å². The van der Waals surface area contributed by atoms with Crippen molar-refractivity contribution in [3.8, 4) is 6.07 Å². The van der Waals surface area contributed by atoms with Gasteiger partial charge in [-0.3, -0.25) is 4.98 Å². The molecule has 4 nitrogen and oxygen atoms in total. The number of rotatable bonds is 4. The van der Waals surface area contributed by atoms with Crippen LogP contribution in [0.4, 0.5) is 10.1 Å². The van der Waals surface area contributed by atoms with Crippen molar-refractivity contribution in [1.29, 1.82) is 5.26 Å². The summed E-state index contributed by atoms with van der Waals surface area (Å²) in [5.74, 6) is -0.619. The lowest BCUT2D eigenvalue weighted by Crippen LogP contribution is -2.45. The number of aromatic nitrogens is 1. The summed E-state index contributed by atoms with van der Waals surface area (Å²) in [5, 5.41) is 20.3. The number of nitriles is 1. The maximum atomic E-state index is 14.2. The Morgan fingerprint density at radius 1 is 1.50 bits per heavy atom. The molecule has 0 aliphatic heterocycles.